The zero-order valence-electron chi connectivity index (χ0n) is 9.26. The van der Waals surface area contributed by atoms with Gasteiger partial charge < -0.3 is 10.5 Å². The van der Waals surface area contributed by atoms with Crippen molar-refractivity contribution in [3.63, 3.8) is 0 Å². The third-order valence-corrected chi connectivity index (χ3v) is 4.30. The number of benzene rings is 1. The summed E-state index contributed by atoms with van der Waals surface area (Å²) in [5.74, 6) is -0.456. The van der Waals surface area contributed by atoms with Crippen LogP contribution in [0.4, 0.5) is 4.39 Å². The fraction of sp³-hybridized carbons (Fsp3) is 0.500. The normalized spacial score (nSPS) is 22.5. The quantitative estimate of drug-likeness (QED) is 0.840. The zero-order chi connectivity index (χ0) is 12.4. The Balaban J connectivity index is 2.24. The Bertz CT molecular complexity index is 410. The molecule has 94 valence electrons. The maximum Gasteiger partial charge on any atom is 0.147 e. The average molecular weight is 323 g/mol. The molecule has 2 N–H and O–H groups in total. The number of ether oxygens (including phenoxy) is 1. The van der Waals surface area contributed by atoms with Crippen LogP contribution in [0.25, 0.3) is 0 Å². The molecular weight excluding hydrogens is 308 g/mol. The maximum atomic E-state index is 14.0. The van der Waals surface area contributed by atoms with E-state index in [0.29, 0.717) is 16.6 Å². The summed E-state index contributed by atoms with van der Waals surface area (Å²) in [5.41, 5.74) is 6.47. The summed E-state index contributed by atoms with van der Waals surface area (Å²) < 4.78 is 20.1. The van der Waals surface area contributed by atoms with Crippen LogP contribution in [0, 0.1) is 5.82 Å². The molecular formula is C12H14BrClFNO. The molecule has 5 heteroatoms. The molecule has 17 heavy (non-hydrogen) atoms. The molecule has 2 atom stereocenters. The van der Waals surface area contributed by atoms with Crippen molar-refractivity contribution in [2.75, 3.05) is 6.61 Å². The summed E-state index contributed by atoms with van der Waals surface area (Å²) in [4.78, 5) is 0. The van der Waals surface area contributed by atoms with Crippen LogP contribution >= 0.6 is 27.5 Å². The van der Waals surface area contributed by atoms with Gasteiger partial charge in [0, 0.05) is 16.6 Å². The van der Waals surface area contributed by atoms with E-state index in [4.69, 9.17) is 22.1 Å². The van der Waals surface area contributed by atoms with Gasteiger partial charge in [0.1, 0.15) is 5.82 Å². The predicted molar refractivity (Wildman–Crippen MR) is 69.6 cm³/mol. The first-order valence-electron chi connectivity index (χ1n) is 5.62. The van der Waals surface area contributed by atoms with Crippen molar-refractivity contribution in [1.29, 1.82) is 0 Å². The summed E-state index contributed by atoms with van der Waals surface area (Å²) >= 11 is 9.03. The topological polar surface area (TPSA) is 35.2 Å². The van der Waals surface area contributed by atoms with Crippen molar-refractivity contribution in [3.05, 3.63) is 33.0 Å². The van der Waals surface area contributed by atoms with Gasteiger partial charge in [0.25, 0.3) is 0 Å². The Morgan fingerprint density at radius 3 is 2.88 bits per heavy atom. The highest BCUT2D eigenvalue weighted by atomic mass is 79.9. The van der Waals surface area contributed by atoms with E-state index in [0.717, 1.165) is 19.3 Å². The minimum absolute atomic E-state index is 0.0776. The van der Waals surface area contributed by atoms with E-state index < -0.39 is 11.9 Å². The Kier molecular flexibility index (Phi) is 4.42. The van der Waals surface area contributed by atoms with Crippen molar-refractivity contribution in [3.8, 4) is 0 Å². The number of halogens is 3. The summed E-state index contributed by atoms with van der Waals surface area (Å²) in [7, 11) is 0. The van der Waals surface area contributed by atoms with Crippen LogP contribution in [0.15, 0.2) is 16.6 Å². The molecule has 1 fully saturated rings. The van der Waals surface area contributed by atoms with Gasteiger partial charge in [-0.3, -0.25) is 0 Å². The van der Waals surface area contributed by atoms with Crippen LogP contribution < -0.4 is 5.73 Å². The highest BCUT2D eigenvalue weighted by molar-refractivity contribution is 9.10. The highest BCUT2D eigenvalue weighted by Crippen LogP contribution is 2.32. The Morgan fingerprint density at radius 2 is 2.24 bits per heavy atom. The van der Waals surface area contributed by atoms with Gasteiger partial charge in [0.2, 0.25) is 0 Å². The van der Waals surface area contributed by atoms with Crippen LogP contribution in [-0.4, -0.2) is 12.7 Å². The van der Waals surface area contributed by atoms with E-state index in [1.807, 2.05) is 0 Å². The van der Waals surface area contributed by atoms with Crippen molar-refractivity contribution in [2.24, 2.45) is 5.73 Å². The van der Waals surface area contributed by atoms with E-state index in [2.05, 4.69) is 15.9 Å². The van der Waals surface area contributed by atoms with Crippen molar-refractivity contribution in [2.45, 2.75) is 31.4 Å². The fourth-order valence-corrected chi connectivity index (χ4v) is 2.53. The van der Waals surface area contributed by atoms with Crippen LogP contribution in [0.5, 0.6) is 0 Å². The first-order chi connectivity index (χ1) is 8.11. The summed E-state index contributed by atoms with van der Waals surface area (Å²) in [6.07, 6.45) is 2.88. The Hall–Kier alpha value is -0.160. The molecule has 1 heterocycles. The number of nitrogens with two attached hydrogens (primary N) is 1. The fourth-order valence-electron chi connectivity index (χ4n) is 2.05. The maximum absolute atomic E-state index is 14.0. The number of hydrogen-bond acceptors (Lipinski definition) is 2. The lowest BCUT2D eigenvalue weighted by molar-refractivity contribution is -0.000616. The first kappa shape index (κ1) is 13.3. The second-order valence-electron chi connectivity index (χ2n) is 4.20. The van der Waals surface area contributed by atoms with Crippen molar-refractivity contribution >= 4 is 27.5 Å². The average Bonchev–Trinajstić information content (AvgIpc) is 2.36. The summed E-state index contributed by atoms with van der Waals surface area (Å²) in [6, 6.07) is 2.91. The van der Waals surface area contributed by atoms with Gasteiger partial charge in [-0.1, -0.05) is 17.7 Å². The molecule has 1 aromatic rings. The lowest BCUT2D eigenvalue weighted by Gasteiger charge is -2.28. The SMILES string of the molecule is NC(c1ccc(Br)c(Cl)c1F)C1CCCCO1. The molecule has 1 aromatic carbocycles. The molecule has 2 nitrogen and oxygen atoms in total. The van der Waals surface area contributed by atoms with Gasteiger partial charge in [0.05, 0.1) is 17.2 Å². The van der Waals surface area contributed by atoms with Crippen LogP contribution in [0.1, 0.15) is 30.9 Å². The Morgan fingerprint density at radius 1 is 1.47 bits per heavy atom. The van der Waals surface area contributed by atoms with Gasteiger partial charge in [-0.2, -0.15) is 0 Å². The lowest BCUT2D eigenvalue weighted by Crippen LogP contribution is -2.32. The van der Waals surface area contributed by atoms with Crippen LogP contribution in [0.2, 0.25) is 5.02 Å². The highest BCUT2D eigenvalue weighted by Gasteiger charge is 2.26. The summed E-state index contributed by atoms with van der Waals surface area (Å²) in [6.45, 7) is 0.699. The molecule has 1 aliphatic rings. The first-order valence-corrected chi connectivity index (χ1v) is 6.79. The predicted octanol–water partition coefficient (Wildman–Crippen LogP) is 3.81. The van der Waals surface area contributed by atoms with Gasteiger partial charge in [-0.25, -0.2) is 4.39 Å². The molecule has 0 bridgehead atoms. The molecule has 1 aliphatic heterocycles. The van der Waals surface area contributed by atoms with E-state index in [9.17, 15) is 4.39 Å². The second kappa shape index (κ2) is 5.65. The smallest absolute Gasteiger partial charge is 0.147 e. The molecule has 0 radical (unpaired) electrons. The number of rotatable bonds is 2. The van der Waals surface area contributed by atoms with E-state index in [1.165, 1.54) is 0 Å². The molecule has 0 aromatic heterocycles. The molecule has 2 rings (SSSR count). The minimum atomic E-state index is -0.458. The van der Waals surface area contributed by atoms with Gasteiger partial charge in [-0.15, -0.1) is 0 Å². The molecule has 0 spiro atoms. The standard InChI is InChI=1S/C12H14BrClFNO/c13-8-5-4-7(11(15)10(8)14)12(16)9-3-1-2-6-17-9/h4-5,9,12H,1-3,6,16H2. The van der Waals surface area contributed by atoms with Crippen molar-refractivity contribution in [1.82, 2.24) is 0 Å². The monoisotopic (exact) mass is 321 g/mol. The van der Waals surface area contributed by atoms with E-state index >= 15 is 0 Å². The van der Waals surface area contributed by atoms with Crippen LogP contribution in [-0.2, 0) is 4.74 Å². The molecule has 0 aliphatic carbocycles. The summed E-state index contributed by atoms with van der Waals surface area (Å²) in [5, 5.41) is 0.0776. The van der Waals surface area contributed by atoms with Crippen LogP contribution in [0.3, 0.4) is 0 Å². The minimum Gasteiger partial charge on any atom is -0.376 e. The Labute approximate surface area is 113 Å². The third kappa shape index (κ3) is 2.81. The zero-order valence-corrected chi connectivity index (χ0v) is 11.6. The van der Waals surface area contributed by atoms with E-state index in [-0.39, 0.29) is 11.1 Å². The largest absolute Gasteiger partial charge is 0.376 e. The van der Waals surface area contributed by atoms with Gasteiger partial charge in [-0.05, 0) is 41.3 Å². The molecule has 1 saturated heterocycles. The molecule has 0 amide bonds. The lowest BCUT2D eigenvalue weighted by atomic mass is 9.96. The molecule has 0 saturated carbocycles. The third-order valence-electron chi connectivity index (χ3n) is 3.04. The van der Waals surface area contributed by atoms with Crippen molar-refractivity contribution < 1.29 is 9.13 Å². The molecule has 2 unspecified atom stereocenters. The van der Waals surface area contributed by atoms with Gasteiger partial charge in [0.15, 0.2) is 0 Å². The van der Waals surface area contributed by atoms with E-state index in [1.54, 1.807) is 12.1 Å². The van der Waals surface area contributed by atoms with Gasteiger partial charge >= 0.3 is 0 Å². The second-order valence-corrected chi connectivity index (χ2v) is 5.43. The number of hydrogen-bond donors (Lipinski definition) is 1.